The SMILES string of the molecule is c1ccc(N(c2ccccc2)c2ccc3cc(-c4c5ccc(N(c6ccccc6)c6ccccc6)cc5c(-c5ccc6cc(N(c7ccccc7)c7ccccc7)ccc6c5)c5ccc(N(c6ccccc6)c6ccccc6)cc45)ccc3c2)cc1. The van der Waals surface area contributed by atoms with E-state index in [-0.39, 0.29) is 0 Å². The molecular formula is C82H58N4. The van der Waals surface area contributed by atoms with E-state index in [2.05, 4.69) is 371 Å². The first-order valence-electron chi connectivity index (χ1n) is 29.4. The molecule has 0 atom stereocenters. The van der Waals surface area contributed by atoms with Gasteiger partial charge in [0.15, 0.2) is 0 Å². The Balaban J connectivity index is 0.983. The molecule has 15 rings (SSSR count). The molecule has 0 amide bonds. The van der Waals surface area contributed by atoms with Crippen molar-refractivity contribution in [3.05, 3.63) is 352 Å². The van der Waals surface area contributed by atoms with E-state index in [9.17, 15) is 0 Å². The van der Waals surface area contributed by atoms with Crippen LogP contribution in [0.5, 0.6) is 0 Å². The van der Waals surface area contributed by atoms with Gasteiger partial charge in [0, 0.05) is 68.2 Å². The van der Waals surface area contributed by atoms with Crippen molar-refractivity contribution in [1.82, 2.24) is 0 Å². The summed E-state index contributed by atoms with van der Waals surface area (Å²) in [5.41, 5.74) is 17.7. The quantitative estimate of drug-likeness (QED) is 0.101. The fourth-order valence-corrected chi connectivity index (χ4v) is 12.6. The molecule has 0 aliphatic carbocycles. The largest absolute Gasteiger partial charge is 0.310 e. The Morgan fingerprint density at radius 3 is 0.605 bits per heavy atom. The van der Waals surface area contributed by atoms with Crippen molar-refractivity contribution in [3.63, 3.8) is 0 Å². The Bertz CT molecular complexity index is 4380. The van der Waals surface area contributed by atoms with E-state index in [1.165, 1.54) is 11.1 Å². The monoisotopic (exact) mass is 1100 g/mol. The molecule has 86 heavy (non-hydrogen) atoms. The van der Waals surface area contributed by atoms with E-state index in [0.29, 0.717) is 0 Å². The molecule has 0 radical (unpaired) electrons. The van der Waals surface area contributed by atoms with Gasteiger partial charge in [-0.05, 0) is 223 Å². The first kappa shape index (κ1) is 51.4. The van der Waals surface area contributed by atoms with Crippen molar-refractivity contribution < 1.29 is 0 Å². The smallest absolute Gasteiger partial charge is 0.0468 e. The molecule has 0 heterocycles. The van der Waals surface area contributed by atoms with Gasteiger partial charge in [0.05, 0.1) is 0 Å². The maximum Gasteiger partial charge on any atom is 0.0468 e. The highest BCUT2D eigenvalue weighted by Crippen LogP contribution is 2.50. The van der Waals surface area contributed by atoms with Crippen molar-refractivity contribution in [3.8, 4) is 22.3 Å². The summed E-state index contributed by atoms with van der Waals surface area (Å²) in [4.78, 5) is 9.42. The second-order valence-corrected chi connectivity index (χ2v) is 21.7. The molecule has 15 aromatic rings. The molecule has 0 saturated carbocycles. The van der Waals surface area contributed by atoms with Gasteiger partial charge in [-0.25, -0.2) is 0 Å². The molecule has 0 aliphatic heterocycles. The van der Waals surface area contributed by atoms with Crippen LogP contribution in [0.2, 0.25) is 0 Å². The van der Waals surface area contributed by atoms with Crippen LogP contribution in [0.1, 0.15) is 0 Å². The second kappa shape index (κ2) is 22.7. The lowest BCUT2D eigenvalue weighted by atomic mass is 9.84. The number of hydrogen-bond acceptors (Lipinski definition) is 4. The Morgan fingerprint density at radius 1 is 0.140 bits per heavy atom. The Labute approximate surface area is 502 Å². The molecule has 0 saturated heterocycles. The number of rotatable bonds is 14. The van der Waals surface area contributed by atoms with Crippen molar-refractivity contribution in [1.29, 1.82) is 0 Å². The molecule has 0 spiro atoms. The van der Waals surface area contributed by atoms with E-state index >= 15 is 0 Å². The van der Waals surface area contributed by atoms with E-state index in [1.807, 2.05) is 0 Å². The maximum atomic E-state index is 2.43. The Morgan fingerprint density at radius 2 is 0.349 bits per heavy atom. The van der Waals surface area contributed by atoms with Crippen LogP contribution in [-0.4, -0.2) is 0 Å². The summed E-state index contributed by atoms with van der Waals surface area (Å²) >= 11 is 0. The molecule has 0 aromatic heterocycles. The van der Waals surface area contributed by atoms with Crippen LogP contribution >= 0.6 is 0 Å². The molecule has 0 bridgehead atoms. The van der Waals surface area contributed by atoms with Gasteiger partial charge in [-0.2, -0.15) is 0 Å². The number of nitrogens with zero attached hydrogens (tertiary/aromatic N) is 4. The zero-order chi connectivity index (χ0) is 57.2. The molecule has 4 heteroatoms. The van der Waals surface area contributed by atoms with E-state index in [1.54, 1.807) is 0 Å². The average Bonchev–Trinajstić information content (AvgIpc) is 1.11. The van der Waals surface area contributed by atoms with Crippen LogP contribution in [0.25, 0.3) is 65.3 Å². The van der Waals surface area contributed by atoms with E-state index in [0.717, 1.165) is 122 Å². The topological polar surface area (TPSA) is 13.0 Å². The zero-order valence-corrected chi connectivity index (χ0v) is 47.3. The maximum absolute atomic E-state index is 2.43. The molecule has 15 aromatic carbocycles. The Kier molecular flexibility index (Phi) is 13.6. The molecule has 4 nitrogen and oxygen atoms in total. The predicted octanol–water partition coefficient (Wildman–Crippen LogP) is 23.5. The zero-order valence-electron chi connectivity index (χ0n) is 47.3. The summed E-state index contributed by atoms with van der Waals surface area (Å²) in [6.07, 6.45) is 0. The van der Waals surface area contributed by atoms with Gasteiger partial charge in [0.25, 0.3) is 0 Å². The highest BCUT2D eigenvalue weighted by atomic mass is 15.2. The summed E-state index contributed by atoms with van der Waals surface area (Å²) in [6, 6.07) is 128. The number of anilines is 12. The van der Waals surface area contributed by atoms with Crippen molar-refractivity contribution in [2.75, 3.05) is 19.6 Å². The number of benzene rings is 15. The fraction of sp³-hybridized carbons (Fsp3) is 0. The van der Waals surface area contributed by atoms with Crippen LogP contribution in [0.3, 0.4) is 0 Å². The summed E-state index contributed by atoms with van der Waals surface area (Å²) in [5.74, 6) is 0. The third-order valence-corrected chi connectivity index (χ3v) is 16.5. The first-order valence-corrected chi connectivity index (χ1v) is 29.4. The van der Waals surface area contributed by atoms with Crippen molar-refractivity contribution >= 4 is 111 Å². The van der Waals surface area contributed by atoms with Gasteiger partial charge in [0.2, 0.25) is 0 Å². The summed E-state index contributed by atoms with van der Waals surface area (Å²) in [7, 11) is 0. The van der Waals surface area contributed by atoms with Crippen LogP contribution in [0.4, 0.5) is 68.2 Å². The Hall–Kier alpha value is -11.5. The highest BCUT2D eigenvalue weighted by molar-refractivity contribution is 6.23. The minimum atomic E-state index is 1.07. The van der Waals surface area contributed by atoms with Gasteiger partial charge < -0.3 is 19.6 Å². The lowest BCUT2D eigenvalue weighted by molar-refractivity contribution is 1.29. The fourth-order valence-electron chi connectivity index (χ4n) is 12.6. The number of para-hydroxylation sites is 8. The second-order valence-electron chi connectivity index (χ2n) is 21.7. The molecule has 0 N–H and O–H groups in total. The van der Waals surface area contributed by atoms with Gasteiger partial charge in [-0.3, -0.25) is 0 Å². The van der Waals surface area contributed by atoms with Gasteiger partial charge in [-0.15, -0.1) is 0 Å². The standard InChI is InChI=1S/C82H58N4/c1-9-25-65(26-10-1)83(66-27-11-2-12-28-66)73-47-45-59-53-63(43-41-61(59)55-73)81-77-51-49-76(86(71-37-21-7-22-38-71)72-39-23-8-24-40-72)58-80(77)82(78-52-50-75(57-79(78)81)85(69-33-17-5-18-34-69)70-35-19-6-20-36-70)64-44-42-62-56-74(48-46-60(62)54-64)84(67-29-13-3-14-30-67)68-31-15-4-16-32-68/h1-58H. The van der Waals surface area contributed by atoms with Gasteiger partial charge >= 0.3 is 0 Å². The third-order valence-electron chi connectivity index (χ3n) is 16.5. The molecular weight excluding hydrogens is 1040 g/mol. The van der Waals surface area contributed by atoms with Crippen LogP contribution in [0.15, 0.2) is 352 Å². The summed E-state index contributed by atoms with van der Waals surface area (Å²) in [6.45, 7) is 0. The molecule has 0 fully saturated rings. The number of fused-ring (bicyclic) bond motifs is 4. The van der Waals surface area contributed by atoms with Crippen LogP contribution in [-0.2, 0) is 0 Å². The van der Waals surface area contributed by atoms with Crippen LogP contribution in [0, 0.1) is 0 Å². The van der Waals surface area contributed by atoms with E-state index in [4.69, 9.17) is 0 Å². The lowest BCUT2D eigenvalue weighted by Gasteiger charge is -2.28. The normalized spacial score (nSPS) is 11.3. The molecule has 0 unspecified atom stereocenters. The molecule has 406 valence electrons. The number of hydrogen-bond donors (Lipinski definition) is 0. The van der Waals surface area contributed by atoms with Crippen molar-refractivity contribution in [2.24, 2.45) is 0 Å². The highest BCUT2D eigenvalue weighted by Gasteiger charge is 2.24. The predicted molar refractivity (Wildman–Crippen MR) is 366 cm³/mol. The minimum absolute atomic E-state index is 1.07. The average molecular weight is 1100 g/mol. The lowest BCUT2D eigenvalue weighted by Crippen LogP contribution is -2.10. The third kappa shape index (κ3) is 9.81. The summed E-state index contributed by atoms with van der Waals surface area (Å²) in [5, 5.41) is 9.27. The van der Waals surface area contributed by atoms with Gasteiger partial charge in [0.1, 0.15) is 0 Å². The van der Waals surface area contributed by atoms with Crippen LogP contribution < -0.4 is 19.6 Å². The van der Waals surface area contributed by atoms with Crippen molar-refractivity contribution in [2.45, 2.75) is 0 Å². The van der Waals surface area contributed by atoms with E-state index < -0.39 is 0 Å². The van der Waals surface area contributed by atoms with Gasteiger partial charge in [-0.1, -0.05) is 194 Å². The minimum Gasteiger partial charge on any atom is -0.310 e. The summed E-state index contributed by atoms with van der Waals surface area (Å²) < 4.78 is 0. The molecule has 0 aliphatic rings. The first-order chi connectivity index (χ1) is 42.7.